The number of halogens is 2. The van der Waals surface area contributed by atoms with E-state index in [-0.39, 0.29) is 0 Å². The smallest absolute Gasteiger partial charge is 0.130 e. The van der Waals surface area contributed by atoms with E-state index in [4.69, 9.17) is 5.73 Å². The van der Waals surface area contributed by atoms with Crippen LogP contribution in [0.3, 0.4) is 0 Å². The van der Waals surface area contributed by atoms with Gasteiger partial charge in [0.2, 0.25) is 0 Å². The lowest BCUT2D eigenvalue weighted by atomic mass is 10.1. The summed E-state index contributed by atoms with van der Waals surface area (Å²) in [4.78, 5) is 2.19. The molecule has 0 heterocycles. The lowest BCUT2D eigenvalue weighted by Gasteiger charge is -2.24. The van der Waals surface area contributed by atoms with Gasteiger partial charge in [-0.2, -0.15) is 0 Å². The average Bonchev–Trinajstić information content (AvgIpc) is 2.34. The molecule has 1 rings (SSSR count). The largest absolute Gasteiger partial charge is 0.323 e. The Balaban J connectivity index is 2.65. The van der Waals surface area contributed by atoms with Gasteiger partial charge in [-0.15, -0.1) is 0 Å². The van der Waals surface area contributed by atoms with Crippen LogP contribution < -0.4 is 5.73 Å². The number of likely N-dealkylation sites (N-methyl/N-ethyl adjacent to an activating group) is 1. The Hall–Kier alpha value is -1.00. The topological polar surface area (TPSA) is 29.3 Å². The minimum absolute atomic E-state index is 0.381. The Kier molecular flexibility index (Phi) is 6.22. The highest BCUT2D eigenvalue weighted by Gasteiger charge is 2.15. The maximum atomic E-state index is 13.6. The monoisotopic (exact) mass is 256 g/mol. The van der Waals surface area contributed by atoms with Gasteiger partial charge in [-0.25, -0.2) is 8.78 Å². The second-order valence-electron chi connectivity index (χ2n) is 4.52. The van der Waals surface area contributed by atoms with Crippen LogP contribution in [0, 0.1) is 11.6 Å². The van der Waals surface area contributed by atoms with Crippen LogP contribution in [0.5, 0.6) is 0 Å². The maximum Gasteiger partial charge on any atom is 0.130 e. The zero-order valence-electron chi connectivity index (χ0n) is 11.1. The molecule has 1 aromatic carbocycles. The highest BCUT2D eigenvalue weighted by Crippen LogP contribution is 2.17. The number of nitrogens with two attached hydrogens (primary N) is 1. The van der Waals surface area contributed by atoms with E-state index in [1.807, 2.05) is 0 Å². The highest BCUT2D eigenvalue weighted by atomic mass is 19.1. The zero-order valence-corrected chi connectivity index (χ0v) is 11.1. The van der Waals surface area contributed by atoms with Crippen molar-refractivity contribution in [1.82, 2.24) is 4.90 Å². The molecule has 0 bridgehead atoms. The predicted octanol–water partition coefficient (Wildman–Crippen LogP) is 3.09. The van der Waals surface area contributed by atoms with E-state index in [1.54, 1.807) is 0 Å². The van der Waals surface area contributed by atoms with Crippen LogP contribution in [0.25, 0.3) is 0 Å². The van der Waals surface area contributed by atoms with Crippen LogP contribution in [0.4, 0.5) is 8.78 Å². The number of hydrogen-bond acceptors (Lipinski definition) is 2. The van der Waals surface area contributed by atoms with E-state index in [0.29, 0.717) is 12.1 Å². The van der Waals surface area contributed by atoms with Crippen molar-refractivity contribution in [3.63, 3.8) is 0 Å². The number of hydrogen-bond donors (Lipinski definition) is 1. The van der Waals surface area contributed by atoms with E-state index >= 15 is 0 Å². The Morgan fingerprint density at radius 2 is 2.00 bits per heavy atom. The van der Waals surface area contributed by atoms with E-state index in [2.05, 4.69) is 18.7 Å². The number of nitrogens with zero attached hydrogens (tertiary/aromatic N) is 1. The van der Waals surface area contributed by atoms with Crippen molar-refractivity contribution < 1.29 is 8.78 Å². The summed E-state index contributed by atoms with van der Waals surface area (Å²) in [6, 6.07) is 3.16. The molecule has 18 heavy (non-hydrogen) atoms. The third-order valence-corrected chi connectivity index (χ3v) is 3.09. The molecule has 4 heteroatoms. The van der Waals surface area contributed by atoms with E-state index < -0.39 is 17.7 Å². The van der Waals surface area contributed by atoms with E-state index in [9.17, 15) is 8.78 Å². The summed E-state index contributed by atoms with van der Waals surface area (Å²) in [5.41, 5.74) is 6.37. The second-order valence-corrected chi connectivity index (χ2v) is 4.52. The van der Waals surface area contributed by atoms with Crippen LogP contribution in [0.15, 0.2) is 18.2 Å². The van der Waals surface area contributed by atoms with Crippen LogP contribution in [0.1, 0.15) is 38.3 Å². The van der Waals surface area contributed by atoms with Crippen molar-refractivity contribution in [1.29, 1.82) is 0 Å². The molecule has 2 nitrogen and oxygen atoms in total. The molecule has 2 N–H and O–H groups in total. The number of benzene rings is 1. The van der Waals surface area contributed by atoms with Gasteiger partial charge in [0, 0.05) is 24.2 Å². The van der Waals surface area contributed by atoms with Gasteiger partial charge in [0.15, 0.2) is 0 Å². The van der Waals surface area contributed by atoms with Gasteiger partial charge >= 0.3 is 0 Å². The van der Waals surface area contributed by atoms with E-state index in [1.165, 1.54) is 12.1 Å². The summed E-state index contributed by atoms with van der Waals surface area (Å²) in [6.07, 6.45) is 2.23. The summed E-state index contributed by atoms with van der Waals surface area (Å²) in [5.74, 6) is -1.13. The Labute approximate surface area is 108 Å². The van der Waals surface area contributed by atoms with Gasteiger partial charge in [0.05, 0.1) is 0 Å². The fraction of sp³-hybridized carbons (Fsp3) is 0.571. The quantitative estimate of drug-likeness (QED) is 0.812. The molecule has 0 amide bonds. The third-order valence-electron chi connectivity index (χ3n) is 3.09. The molecule has 1 atom stereocenters. The van der Waals surface area contributed by atoms with Crippen molar-refractivity contribution in [3.8, 4) is 0 Å². The minimum atomic E-state index is -0.568. The van der Waals surface area contributed by atoms with Crippen molar-refractivity contribution in [2.24, 2.45) is 5.73 Å². The molecule has 1 aromatic rings. The first kappa shape index (κ1) is 15.1. The molecule has 0 aliphatic carbocycles. The van der Waals surface area contributed by atoms with Crippen LogP contribution in [-0.4, -0.2) is 24.5 Å². The molecule has 0 aromatic heterocycles. The van der Waals surface area contributed by atoms with Gasteiger partial charge in [-0.1, -0.05) is 26.3 Å². The molecular weight excluding hydrogens is 234 g/mol. The van der Waals surface area contributed by atoms with Crippen LogP contribution in [-0.2, 0) is 0 Å². The molecule has 0 saturated carbocycles. The molecule has 1 unspecified atom stereocenters. The van der Waals surface area contributed by atoms with Gasteiger partial charge in [0.25, 0.3) is 0 Å². The molecule has 0 aliphatic rings. The number of rotatable bonds is 7. The summed E-state index contributed by atoms with van der Waals surface area (Å²) in [6.45, 7) is 6.63. The van der Waals surface area contributed by atoms with Gasteiger partial charge in [-0.05, 0) is 25.6 Å². The van der Waals surface area contributed by atoms with Crippen molar-refractivity contribution in [3.05, 3.63) is 35.4 Å². The predicted molar refractivity (Wildman–Crippen MR) is 70.3 cm³/mol. The van der Waals surface area contributed by atoms with Crippen LogP contribution in [0.2, 0.25) is 0 Å². The fourth-order valence-corrected chi connectivity index (χ4v) is 1.94. The van der Waals surface area contributed by atoms with Crippen molar-refractivity contribution in [2.75, 3.05) is 19.6 Å². The normalized spacial score (nSPS) is 13.0. The van der Waals surface area contributed by atoms with Crippen molar-refractivity contribution >= 4 is 0 Å². The maximum absolute atomic E-state index is 13.6. The molecule has 0 spiro atoms. The average molecular weight is 256 g/mol. The fourth-order valence-electron chi connectivity index (χ4n) is 1.94. The lowest BCUT2D eigenvalue weighted by Crippen LogP contribution is -2.33. The molecule has 0 fully saturated rings. The minimum Gasteiger partial charge on any atom is -0.323 e. The first-order chi connectivity index (χ1) is 8.58. The van der Waals surface area contributed by atoms with Crippen molar-refractivity contribution in [2.45, 2.75) is 32.7 Å². The Morgan fingerprint density at radius 1 is 1.28 bits per heavy atom. The summed E-state index contributed by atoms with van der Waals surface area (Å²) in [7, 11) is 0. The molecule has 0 saturated heterocycles. The zero-order chi connectivity index (χ0) is 13.5. The molecule has 0 radical (unpaired) electrons. The standard InChI is InChI=1S/C14H22F2N2/c1-3-5-8-18(4-2)10-14(17)12-7-6-11(15)9-13(12)16/h6-7,9,14H,3-5,8,10,17H2,1-2H3. The Morgan fingerprint density at radius 3 is 2.56 bits per heavy atom. The second kappa shape index (κ2) is 7.44. The first-order valence-corrected chi connectivity index (χ1v) is 6.51. The summed E-state index contributed by atoms with van der Waals surface area (Å²) in [5, 5.41) is 0. The van der Waals surface area contributed by atoms with Gasteiger partial charge < -0.3 is 10.6 Å². The summed E-state index contributed by atoms with van der Waals surface area (Å²) < 4.78 is 26.4. The molecular formula is C14H22F2N2. The molecule has 0 aliphatic heterocycles. The first-order valence-electron chi connectivity index (χ1n) is 6.51. The van der Waals surface area contributed by atoms with Crippen LogP contribution >= 0.6 is 0 Å². The number of unbranched alkanes of at least 4 members (excludes halogenated alkanes) is 1. The van der Waals surface area contributed by atoms with Gasteiger partial charge in [-0.3, -0.25) is 0 Å². The SMILES string of the molecule is CCCCN(CC)CC(N)c1ccc(F)cc1F. The summed E-state index contributed by atoms with van der Waals surface area (Å²) >= 11 is 0. The van der Waals surface area contributed by atoms with E-state index in [0.717, 1.165) is 32.0 Å². The molecule has 102 valence electrons. The van der Waals surface area contributed by atoms with Gasteiger partial charge in [0.1, 0.15) is 11.6 Å². The highest BCUT2D eigenvalue weighted by molar-refractivity contribution is 5.22. The third kappa shape index (κ3) is 4.35. The Bertz CT molecular complexity index is 369. The lowest BCUT2D eigenvalue weighted by molar-refractivity contribution is 0.264.